The number of nitriles is 1. The van der Waals surface area contributed by atoms with Gasteiger partial charge in [0.1, 0.15) is 11.6 Å². The number of aromatic nitrogens is 3. The molecule has 45 heavy (non-hydrogen) atoms. The molecule has 3 aromatic heterocycles. The summed E-state index contributed by atoms with van der Waals surface area (Å²) in [6.45, 7) is 10.9. The third-order valence-electron chi connectivity index (χ3n) is 8.01. The second-order valence-corrected chi connectivity index (χ2v) is 13.7. The summed E-state index contributed by atoms with van der Waals surface area (Å²) < 4.78 is 12.9. The summed E-state index contributed by atoms with van der Waals surface area (Å²) in [6.07, 6.45) is 6.34. The zero-order valence-corrected chi connectivity index (χ0v) is 26.6. The van der Waals surface area contributed by atoms with Gasteiger partial charge in [0.2, 0.25) is 5.95 Å². The molecule has 4 aromatic rings. The molecule has 1 N–H and O–H groups in total. The van der Waals surface area contributed by atoms with Crippen LogP contribution in [-0.2, 0) is 22.6 Å². The van der Waals surface area contributed by atoms with Gasteiger partial charge in [-0.3, -0.25) is 19.8 Å². The van der Waals surface area contributed by atoms with Gasteiger partial charge in [0.15, 0.2) is 12.2 Å². The largest absolute Gasteiger partial charge is 0.443 e. The molecule has 1 unspecified atom stereocenters. The zero-order chi connectivity index (χ0) is 31.6. The number of rotatable bonds is 8. The van der Waals surface area contributed by atoms with Crippen molar-refractivity contribution in [1.82, 2.24) is 24.3 Å². The minimum Gasteiger partial charge on any atom is -0.443 e. The summed E-state index contributed by atoms with van der Waals surface area (Å²) in [5, 5.41) is 12.9. The molecular weight excluding hydrogens is 590 g/mol. The van der Waals surface area contributed by atoms with Crippen LogP contribution in [0.3, 0.4) is 0 Å². The number of morpholine rings is 1. The van der Waals surface area contributed by atoms with Crippen LogP contribution >= 0.6 is 11.3 Å². The number of nitrogens with zero attached hydrogens (tertiary/aromatic N) is 6. The highest BCUT2D eigenvalue weighted by Gasteiger charge is 2.33. The molecule has 2 amide bonds. The maximum Gasteiger partial charge on any atom is 0.268 e. The number of thiophene rings is 1. The van der Waals surface area contributed by atoms with E-state index in [9.17, 15) is 14.9 Å². The summed E-state index contributed by atoms with van der Waals surface area (Å²) in [7, 11) is 0. The van der Waals surface area contributed by atoms with Crippen LogP contribution in [0.2, 0.25) is 0 Å². The van der Waals surface area contributed by atoms with E-state index >= 15 is 0 Å². The number of carbonyl (C=O) groups is 2. The molecule has 2 fully saturated rings. The molecule has 1 atom stereocenters. The van der Waals surface area contributed by atoms with Gasteiger partial charge in [0, 0.05) is 32.7 Å². The molecule has 0 spiro atoms. The molecular formula is C33H37N7O4S. The van der Waals surface area contributed by atoms with Crippen molar-refractivity contribution in [2.75, 3.05) is 38.2 Å². The molecule has 2 saturated heterocycles. The van der Waals surface area contributed by atoms with Crippen LogP contribution in [0, 0.1) is 16.7 Å². The maximum atomic E-state index is 13.6. The second-order valence-electron chi connectivity index (χ2n) is 12.6. The van der Waals surface area contributed by atoms with Gasteiger partial charge in [0.25, 0.3) is 11.8 Å². The van der Waals surface area contributed by atoms with Gasteiger partial charge < -0.3 is 18.6 Å². The molecule has 0 radical (unpaired) electrons. The Bertz CT molecular complexity index is 1750. The molecule has 2 aliphatic heterocycles. The third-order valence-corrected chi connectivity index (χ3v) is 9.11. The molecule has 6 rings (SSSR count). The summed E-state index contributed by atoms with van der Waals surface area (Å²) in [4.78, 5) is 41.4. The minimum absolute atomic E-state index is 0.157. The van der Waals surface area contributed by atoms with Crippen molar-refractivity contribution < 1.29 is 18.7 Å². The average molecular weight is 628 g/mol. The van der Waals surface area contributed by atoms with Gasteiger partial charge >= 0.3 is 0 Å². The van der Waals surface area contributed by atoms with Crippen LogP contribution in [0.15, 0.2) is 59.0 Å². The number of anilines is 1. The van der Waals surface area contributed by atoms with Crippen molar-refractivity contribution in [3.63, 3.8) is 0 Å². The molecule has 0 saturated carbocycles. The highest BCUT2D eigenvalue weighted by molar-refractivity contribution is 7.17. The number of hydrogen-bond acceptors (Lipinski definition) is 9. The number of allylic oxidation sites excluding steroid dienone is 1. The lowest BCUT2D eigenvalue weighted by atomic mass is 9.93. The molecule has 5 heterocycles. The normalized spacial score (nSPS) is 18.0. The monoisotopic (exact) mass is 627 g/mol. The fraction of sp³-hybridized carbons (Fsp3) is 0.424. The predicted octanol–water partition coefficient (Wildman–Crippen LogP) is 5.32. The van der Waals surface area contributed by atoms with Crippen molar-refractivity contribution >= 4 is 40.1 Å². The summed E-state index contributed by atoms with van der Waals surface area (Å²) >= 11 is 1.31. The number of likely N-dealkylation sites (tertiary alicyclic amines) is 1. The van der Waals surface area contributed by atoms with Crippen molar-refractivity contribution in [2.45, 2.75) is 52.7 Å². The Balaban J connectivity index is 1.30. The number of nitrogens with one attached hydrogen (secondary N) is 1. The van der Waals surface area contributed by atoms with E-state index in [0.29, 0.717) is 29.7 Å². The van der Waals surface area contributed by atoms with E-state index in [0.717, 1.165) is 67.2 Å². The highest BCUT2D eigenvalue weighted by Crippen LogP contribution is 2.31. The number of carbonyl (C=O) groups excluding carboxylic acids is 2. The smallest absolute Gasteiger partial charge is 0.268 e. The predicted molar refractivity (Wildman–Crippen MR) is 171 cm³/mol. The van der Waals surface area contributed by atoms with E-state index in [1.54, 1.807) is 23.2 Å². The first-order chi connectivity index (χ1) is 21.7. The number of fused-ring (bicyclic) bond motifs is 1. The SMILES string of the molecule is CC(C)(C)C=C(C#N)C(=O)N1CCCC1Cn1c(NC(=O)c2ccc(-c3cnco3)s2)nc2cc(CN3CCOCC3)ccc21. The number of oxazole rings is 1. The number of imidazole rings is 1. The van der Waals surface area contributed by atoms with Gasteiger partial charge in [-0.2, -0.15) is 5.26 Å². The van der Waals surface area contributed by atoms with Gasteiger partial charge in [-0.05, 0) is 48.1 Å². The highest BCUT2D eigenvalue weighted by atomic mass is 32.1. The quantitative estimate of drug-likeness (QED) is 0.205. The van der Waals surface area contributed by atoms with E-state index in [-0.39, 0.29) is 28.8 Å². The van der Waals surface area contributed by atoms with E-state index in [4.69, 9.17) is 14.1 Å². The van der Waals surface area contributed by atoms with E-state index < -0.39 is 0 Å². The van der Waals surface area contributed by atoms with Gasteiger partial charge in [0.05, 0.1) is 46.2 Å². The van der Waals surface area contributed by atoms with Crippen LogP contribution in [0.25, 0.3) is 21.7 Å². The number of ether oxygens (including phenoxy) is 1. The Kier molecular flexibility index (Phi) is 8.85. The maximum absolute atomic E-state index is 13.6. The Morgan fingerprint density at radius 3 is 2.73 bits per heavy atom. The number of hydrogen-bond donors (Lipinski definition) is 1. The molecule has 0 bridgehead atoms. The summed E-state index contributed by atoms with van der Waals surface area (Å²) in [6, 6.07) is 11.8. The van der Waals surface area contributed by atoms with Crippen molar-refractivity contribution in [2.24, 2.45) is 5.41 Å². The average Bonchev–Trinajstić information content (AvgIpc) is 3.83. The van der Waals surface area contributed by atoms with Crippen molar-refractivity contribution in [3.8, 4) is 16.7 Å². The fourth-order valence-corrected chi connectivity index (χ4v) is 6.75. The first-order valence-electron chi connectivity index (χ1n) is 15.2. The van der Waals surface area contributed by atoms with Gasteiger partial charge in [-0.15, -0.1) is 11.3 Å². The molecule has 1 aromatic carbocycles. The lowest BCUT2D eigenvalue weighted by Gasteiger charge is -2.27. The molecule has 234 valence electrons. The Hall–Kier alpha value is -4.31. The lowest BCUT2D eigenvalue weighted by molar-refractivity contribution is -0.127. The van der Waals surface area contributed by atoms with Gasteiger partial charge in [-0.1, -0.05) is 32.9 Å². The topological polar surface area (TPSA) is 130 Å². The fourth-order valence-electron chi connectivity index (χ4n) is 5.90. The second kappa shape index (κ2) is 13.0. The lowest BCUT2D eigenvalue weighted by Crippen LogP contribution is -2.39. The molecule has 12 heteroatoms. The molecule has 11 nitrogen and oxygen atoms in total. The van der Waals surface area contributed by atoms with Crippen molar-refractivity contribution in [3.05, 3.63) is 65.0 Å². The van der Waals surface area contributed by atoms with E-state index in [1.807, 2.05) is 37.5 Å². The van der Waals surface area contributed by atoms with Crippen molar-refractivity contribution in [1.29, 1.82) is 5.26 Å². The Labute approximate surface area is 266 Å². The molecule has 2 aliphatic rings. The standard InChI is InChI=1S/C33H37N7O4S/c1-33(2,3)16-23(17-34)31(42)39-10-4-5-24(39)20-40-26-7-6-22(19-38-11-13-43-14-12-38)15-25(26)36-32(40)37-30(41)29-9-8-28(45-29)27-18-35-21-44-27/h6-9,15-16,18,21,24H,4-5,10-14,19-20H2,1-3H3,(H,36,37,41). The Morgan fingerprint density at radius 2 is 2.00 bits per heavy atom. The van der Waals surface area contributed by atoms with Crippen LogP contribution in [0.1, 0.15) is 48.8 Å². The molecule has 0 aliphatic carbocycles. The Morgan fingerprint density at radius 1 is 1.18 bits per heavy atom. The minimum atomic E-state index is -0.304. The third kappa shape index (κ3) is 7.01. The van der Waals surface area contributed by atoms with E-state index in [1.165, 1.54) is 17.7 Å². The van der Waals surface area contributed by atoms with Crippen LogP contribution in [-0.4, -0.2) is 75.0 Å². The number of amides is 2. The number of benzene rings is 1. The summed E-state index contributed by atoms with van der Waals surface area (Å²) in [5.74, 6) is 0.479. The van der Waals surface area contributed by atoms with E-state index in [2.05, 4.69) is 33.4 Å². The summed E-state index contributed by atoms with van der Waals surface area (Å²) in [5.41, 5.74) is 2.62. The van der Waals surface area contributed by atoms with Crippen LogP contribution in [0.4, 0.5) is 5.95 Å². The van der Waals surface area contributed by atoms with Crippen LogP contribution in [0.5, 0.6) is 0 Å². The first-order valence-corrected chi connectivity index (χ1v) is 16.0. The first kappa shape index (κ1) is 30.7. The van der Waals surface area contributed by atoms with Crippen LogP contribution < -0.4 is 5.32 Å². The zero-order valence-electron chi connectivity index (χ0n) is 25.8. The van der Waals surface area contributed by atoms with Gasteiger partial charge in [-0.25, -0.2) is 9.97 Å².